The molecule has 1 rings (SSSR count). The molecule has 39 heavy (non-hydrogen) atoms. The van der Waals surface area contributed by atoms with E-state index in [-0.39, 0.29) is 24.5 Å². The van der Waals surface area contributed by atoms with Crippen LogP contribution < -0.4 is 5.32 Å². The average Bonchev–Trinajstić information content (AvgIpc) is 2.94. The predicted octanol–water partition coefficient (Wildman–Crippen LogP) is 6.58. The molecule has 0 saturated carbocycles. The third-order valence-electron chi connectivity index (χ3n) is 5.38. The van der Waals surface area contributed by atoms with Crippen molar-refractivity contribution in [2.75, 3.05) is 26.9 Å². The summed E-state index contributed by atoms with van der Waals surface area (Å²) in [5, 5.41) is 12.3. The lowest BCUT2D eigenvalue weighted by atomic mass is 10.2. The molecule has 0 fully saturated rings. The van der Waals surface area contributed by atoms with Crippen molar-refractivity contribution in [1.29, 1.82) is 0 Å². The van der Waals surface area contributed by atoms with Crippen molar-refractivity contribution in [3.63, 3.8) is 0 Å². The molecule has 7 nitrogen and oxygen atoms in total. The van der Waals surface area contributed by atoms with Crippen molar-refractivity contribution >= 4 is 11.9 Å². The molecule has 7 heteroatoms. The summed E-state index contributed by atoms with van der Waals surface area (Å²) in [6.07, 6.45) is 28.3. The lowest BCUT2D eigenvalue weighted by Crippen LogP contribution is -2.32. The minimum absolute atomic E-state index is 0.0362. The number of aromatic hydroxyl groups is 1. The molecular formula is C32H45NO6. The van der Waals surface area contributed by atoms with Crippen LogP contribution in [-0.2, 0) is 19.0 Å². The van der Waals surface area contributed by atoms with Gasteiger partial charge in [-0.3, -0.25) is 4.79 Å². The average molecular weight is 540 g/mol. The Bertz CT molecular complexity index is 948. The maximum absolute atomic E-state index is 12.1. The Morgan fingerprint density at radius 1 is 0.846 bits per heavy atom. The molecule has 1 aromatic carbocycles. The van der Waals surface area contributed by atoms with Gasteiger partial charge in [-0.25, -0.2) is 4.79 Å². The third kappa shape index (κ3) is 17.7. The molecule has 2 N–H and O–H groups in total. The minimum atomic E-state index is -1.10. The van der Waals surface area contributed by atoms with Crippen LogP contribution >= 0.6 is 0 Å². The Balaban J connectivity index is 2.05. The summed E-state index contributed by atoms with van der Waals surface area (Å²) in [5.74, 6) is -1.20. The number of para-hydroxylation sites is 1. The van der Waals surface area contributed by atoms with Gasteiger partial charge in [0.05, 0.1) is 18.7 Å². The van der Waals surface area contributed by atoms with Crippen molar-refractivity contribution in [2.45, 2.75) is 64.6 Å². The first-order valence-electron chi connectivity index (χ1n) is 13.7. The predicted molar refractivity (Wildman–Crippen MR) is 156 cm³/mol. The van der Waals surface area contributed by atoms with E-state index in [1.165, 1.54) is 19.2 Å². The van der Waals surface area contributed by atoms with Gasteiger partial charge >= 0.3 is 5.97 Å². The van der Waals surface area contributed by atoms with Crippen molar-refractivity contribution < 1.29 is 28.9 Å². The lowest BCUT2D eigenvalue weighted by molar-refractivity contribution is -0.189. The molecule has 1 amide bonds. The van der Waals surface area contributed by atoms with Crippen molar-refractivity contribution in [3.8, 4) is 5.75 Å². The first kappa shape index (κ1) is 33.6. The standard InChI is InChI=1S/C32H45NO6/c1-3-4-5-6-7-8-9-10-11-12-13-14-15-16-17-18-19-22-26-39-32(37-2)31(36)38-27-25-33-30(35)28-23-20-21-24-29(28)34/h4-5,7-8,10-11,13-14,16-17,20-21,23-24,32,34H,3,6,9,12,15,18-19,22,25-27H2,1-2H3,(H,33,35). The molecule has 0 aromatic heterocycles. The van der Waals surface area contributed by atoms with E-state index in [0.29, 0.717) is 6.61 Å². The Labute approximate surface area is 233 Å². The molecule has 0 aliphatic rings. The minimum Gasteiger partial charge on any atom is -0.507 e. The zero-order valence-corrected chi connectivity index (χ0v) is 23.4. The molecule has 1 unspecified atom stereocenters. The van der Waals surface area contributed by atoms with Gasteiger partial charge in [0.25, 0.3) is 12.2 Å². The monoisotopic (exact) mass is 539 g/mol. The van der Waals surface area contributed by atoms with Gasteiger partial charge in [-0.15, -0.1) is 0 Å². The van der Waals surface area contributed by atoms with Gasteiger partial charge in [-0.1, -0.05) is 79.8 Å². The fourth-order valence-corrected chi connectivity index (χ4v) is 3.30. The quantitative estimate of drug-likeness (QED) is 0.0794. The van der Waals surface area contributed by atoms with E-state index in [0.717, 1.165) is 51.4 Å². The van der Waals surface area contributed by atoms with Gasteiger partial charge in [-0.05, 0) is 63.5 Å². The molecule has 1 aromatic rings. The van der Waals surface area contributed by atoms with Crippen LogP contribution in [0.25, 0.3) is 0 Å². The lowest BCUT2D eigenvalue weighted by Gasteiger charge is -2.15. The largest absolute Gasteiger partial charge is 0.507 e. The van der Waals surface area contributed by atoms with Crippen LogP contribution in [0.15, 0.2) is 85.0 Å². The van der Waals surface area contributed by atoms with E-state index in [9.17, 15) is 14.7 Å². The molecule has 0 radical (unpaired) electrons. The molecular weight excluding hydrogens is 494 g/mol. The van der Waals surface area contributed by atoms with Crippen molar-refractivity contribution in [3.05, 3.63) is 90.6 Å². The highest BCUT2D eigenvalue weighted by Gasteiger charge is 2.20. The summed E-state index contributed by atoms with van der Waals surface area (Å²) in [4.78, 5) is 24.1. The van der Waals surface area contributed by atoms with Gasteiger partial charge in [0.1, 0.15) is 12.4 Å². The highest BCUT2D eigenvalue weighted by Crippen LogP contribution is 2.14. The fraction of sp³-hybridized carbons (Fsp3) is 0.438. The van der Waals surface area contributed by atoms with Crippen LogP contribution in [0, 0.1) is 0 Å². The van der Waals surface area contributed by atoms with E-state index in [4.69, 9.17) is 14.2 Å². The first-order valence-corrected chi connectivity index (χ1v) is 13.7. The smallest absolute Gasteiger partial charge is 0.363 e. The number of carbonyl (C=O) groups is 2. The number of ether oxygens (including phenoxy) is 3. The van der Waals surface area contributed by atoms with E-state index in [1.807, 2.05) is 0 Å². The molecule has 0 bridgehead atoms. The van der Waals surface area contributed by atoms with Gasteiger partial charge in [0.15, 0.2) is 0 Å². The van der Waals surface area contributed by atoms with E-state index >= 15 is 0 Å². The van der Waals surface area contributed by atoms with Crippen molar-refractivity contribution in [1.82, 2.24) is 5.32 Å². The zero-order chi connectivity index (χ0) is 28.4. The number of hydrogen-bond donors (Lipinski definition) is 2. The fourth-order valence-electron chi connectivity index (χ4n) is 3.30. The second-order valence-electron chi connectivity index (χ2n) is 8.58. The van der Waals surface area contributed by atoms with Crippen LogP contribution in [0.1, 0.15) is 68.6 Å². The van der Waals surface area contributed by atoms with Crippen LogP contribution in [-0.4, -0.2) is 50.1 Å². The topological polar surface area (TPSA) is 94.1 Å². The zero-order valence-electron chi connectivity index (χ0n) is 23.4. The molecule has 0 aliphatic carbocycles. The molecule has 0 heterocycles. The van der Waals surface area contributed by atoms with Crippen LogP contribution in [0.4, 0.5) is 0 Å². The van der Waals surface area contributed by atoms with Gasteiger partial charge in [0.2, 0.25) is 0 Å². The van der Waals surface area contributed by atoms with E-state index in [2.05, 4.69) is 73.0 Å². The highest BCUT2D eigenvalue weighted by atomic mass is 16.7. The Morgan fingerprint density at radius 2 is 1.44 bits per heavy atom. The Kier molecular flexibility index (Phi) is 20.4. The Morgan fingerprint density at radius 3 is 2.03 bits per heavy atom. The number of esters is 1. The molecule has 214 valence electrons. The Hall–Kier alpha value is -3.42. The first-order chi connectivity index (χ1) is 19.1. The molecule has 0 aliphatic heterocycles. The number of carbonyl (C=O) groups excluding carboxylic acids is 2. The summed E-state index contributed by atoms with van der Waals surface area (Å²) in [6, 6.07) is 6.22. The SMILES string of the molecule is CCC=CCC=CCC=CCC=CCC=CCCCCOC(OC)C(=O)OCCNC(=O)c1ccccc1O. The van der Waals surface area contributed by atoms with Crippen molar-refractivity contribution in [2.24, 2.45) is 0 Å². The summed E-state index contributed by atoms with van der Waals surface area (Å²) in [6.45, 7) is 2.58. The second kappa shape index (κ2) is 23.7. The number of rotatable bonds is 21. The number of methoxy groups -OCH3 is 1. The number of benzene rings is 1. The number of unbranched alkanes of at least 4 members (excludes halogenated alkanes) is 2. The summed E-state index contributed by atoms with van der Waals surface area (Å²) >= 11 is 0. The number of amides is 1. The van der Waals surface area contributed by atoms with E-state index < -0.39 is 18.2 Å². The van der Waals surface area contributed by atoms with Gasteiger partial charge in [0, 0.05) is 7.11 Å². The van der Waals surface area contributed by atoms with Crippen LogP contribution in [0.5, 0.6) is 5.75 Å². The number of allylic oxidation sites excluding steroid dienone is 10. The maximum Gasteiger partial charge on any atom is 0.363 e. The molecule has 0 spiro atoms. The number of phenols is 1. The number of hydrogen-bond acceptors (Lipinski definition) is 6. The second-order valence-corrected chi connectivity index (χ2v) is 8.58. The van der Waals surface area contributed by atoms with Crippen LogP contribution in [0.2, 0.25) is 0 Å². The number of phenolic OH excluding ortho intramolecular Hbond substituents is 1. The molecule has 0 saturated heterocycles. The number of nitrogens with one attached hydrogen (secondary N) is 1. The summed E-state index contributed by atoms with van der Waals surface area (Å²) < 4.78 is 15.7. The summed E-state index contributed by atoms with van der Waals surface area (Å²) in [5.41, 5.74) is 0.159. The normalized spacial score (nSPS) is 12.9. The van der Waals surface area contributed by atoms with Gasteiger partial charge < -0.3 is 24.6 Å². The maximum atomic E-state index is 12.1. The summed E-state index contributed by atoms with van der Waals surface area (Å²) in [7, 11) is 1.38. The van der Waals surface area contributed by atoms with E-state index in [1.54, 1.807) is 12.1 Å². The highest BCUT2D eigenvalue weighted by molar-refractivity contribution is 5.96. The van der Waals surface area contributed by atoms with Gasteiger partial charge in [-0.2, -0.15) is 0 Å². The van der Waals surface area contributed by atoms with Crippen LogP contribution in [0.3, 0.4) is 0 Å². The molecule has 1 atom stereocenters. The third-order valence-corrected chi connectivity index (χ3v) is 5.38.